The second-order valence-corrected chi connectivity index (χ2v) is 4.70. The molecule has 0 saturated carbocycles. The molecule has 0 radical (unpaired) electrons. The van der Waals surface area contributed by atoms with Gasteiger partial charge in [-0.2, -0.15) is 0 Å². The molecule has 1 aromatic rings. The fourth-order valence-corrected chi connectivity index (χ4v) is 2.03. The van der Waals surface area contributed by atoms with Crippen molar-refractivity contribution < 1.29 is 0 Å². The number of hydrogen-bond donors (Lipinski definition) is 1. The summed E-state index contributed by atoms with van der Waals surface area (Å²) in [6, 6.07) is 0. The highest BCUT2D eigenvalue weighted by Gasteiger charge is 2.06. The fraction of sp³-hybridized carbons (Fsp3) is 0.692. The summed E-state index contributed by atoms with van der Waals surface area (Å²) in [7, 11) is 0. The summed E-state index contributed by atoms with van der Waals surface area (Å²) >= 11 is 5.86. The first kappa shape index (κ1) is 15.2. The van der Waals surface area contributed by atoms with Gasteiger partial charge in [-0.3, -0.25) is 0 Å². The number of hydrogen-bond acceptors (Lipinski definition) is 4. The van der Waals surface area contributed by atoms with Crippen molar-refractivity contribution >= 4 is 17.4 Å². The average Bonchev–Trinajstić information content (AvgIpc) is 2.35. The Morgan fingerprint density at radius 2 is 1.83 bits per heavy atom. The highest BCUT2D eigenvalue weighted by molar-refractivity contribution is 6.28. The lowest BCUT2D eigenvalue weighted by atomic mass is 10.2. The molecule has 0 spiro atoms. The van der Waals surface area contributed by atoms with Crippen LogP contribution in [-0.2, 0) is 0 Å². The monoisotopic (exact) mass is 270 g/mol. The second-order valence-electron chi connectivity index (χ2n) is 4.36. The van der Waals surface area contributed by atoms with E-state index in [-0.39, 0.29) is 0 Å². The Morgan fingerprint density at radius 1 is 1.17 bits per heavy atom. The van der Waals surface area contributed by atoms with Gasteiger partial charge >= 0.3 is 0 Å². The van der Waals surface area contributed by atoms with Crippen molar-refractivity contribution in [3.8, 4) is 0 Å². The fourth-order valence-electron chi connectivity index (χ4n) is 1.82. The van der Waals surface area contributed by atoms with Gasteiger partial charge in [0.05, 0.1) is 0 Å². The van der Waals surface area contributed by atoms with Crippen LogP contribution in [0.15, 0.2) is 0 Å². The Balaban J connectivity index is 2.44. The molecule has 1 heterocycles. The molecule has 0 amide bonds. The van der Waals surface area contributed by atoms with Gasteiger partial charge in [-0.1, -0.05) is 13.8 Å². The van der Waals surface area contributed by atoms with E-state index in [0.29, 0.717) is 5.28 Å². The molecule has 0 aliphatic carbocycles. The Morgan fingerprint density at radius 3 is 2.44 bits per heavy atom. The normalized spacial score (nSPS) is 11.0. The van der Waals surface area contributed by atoms with Gasteiger partial charge in [0.15, 0.2) is 0 Å². The summed E-state index contributed by atoms with van der Waals surface area (Å²) in [5.41, 5.74) is 2.00. The molecule has 0 fully saturated rings. The quantitative estimate of drug-likeness (QED) is 0.611. The van der Waals surface area contributed by atoms with Crippen molar-refractivity contribution in [2.45, 2.75) is 34.1 Å². The van der Waals surface area contributed by atoms with Gasteiger partial charge in [0.2, 0.25) is 5.28 Å². The van der Waals surface area contributed by atoms with Crippen LogP contribution in [0.3, 0.4) is 0 Å². The summed E-state index contributed by atoms with van der Waals surface area (Å²) in [6.07, 6.45) is 1.10. The predicted octanol–water partition coefficient (Wildman–Crippen LogP) is 2.89. The zero-order valence-electron chi connectivity index (χ0n) is 11.8. The molecule has 0 saturated heterocycles. The van der Waals surface area contributed by atoms with Gasteiger partial charge in [0.25, 0.3) is 0 Å². The van der Waals surface area contributed by atoms with Crippen molar-refractivity contribution in [3.63, 3.8) is 0 Å². The smallest absolute Gasteiger partial charge is 0.224 e. The van der Waals surface area contributed by atoms with Crippen LogP contribution in [0, 0.1) is 13.8 Å². The van der Waals surface area contributed by atoms with E-state index in [9.17, 15) is 0 Å². The van der Waals surface area contributed by atoms with Crippen LogP contribution >= 0.6 is 11.6 Å². The predicted molar refractivity (Wildman–Crippen MR) is 77.4 cm³/mol. The molecule has 4 nitrogen and oxygen atoms in total. The lowest BCUT2D eigenvalue weighted by Crippen LogP contribution is -2.25. The van der Waals surface area contributed by atoms with Crippen molar-refractivity contribution in [2.75, 3.05) is 31.5 Å². The highest BCUT2D eigenvalue weighted by atomic mass is 35.5. The van der Waals surface area contributed by atoms with Crippen molar-refractivity contribution in [1.82, 2.24) is 14.9 Å². The maximum atomic E-state index is 5.86. The molecule has 0 bridgehead atoms. The molecule has 0 aliphatic rings. The van der Waals surface area contributed by atoms with Gasteiger partial charge in [-0.15, -0.1) is 0 Å². The third-order valence-electron chi connectivity index (χ3n) is 3.20. The van der Waals surface area contributed by atoms with Crippen LogP contribution in [0.25, 0.3) is 0 Å². The summed E-state index contributed by atoms with van der Waals surface area (Å²) in [5, 5.41) is 3.65. The van der Waals surface area contributed by atoms with Crippen molar-refractivity contribution in [2.24, 2.45) is 0 Å². The maximum Gasteiger partial charge on any atom is 0.224 e. The SMILES string of the molecule is CCN(CC)CCCNc1nc(Cl)nc(C)c1C. The number of aryl methyl sites for hydroxylation is 1. The molecular weight excluding hydrogens is 248 g/mol. The zero-order valence-corrected chi connectivity index (χ0v) is 12.5. The minimum absolute atomic E-state index is 0.310. The number of nitrogens with zero attached hydrogens (tertiary/aromatic N) is 3. The number of nitrogens with one attached hydrogen (secondary N) is 1. The molecule has 0 atom stereocenters. The van der Waals surface area contributed by atoms with E-state index in [4.69, 9.17) is 11.6 Å². The lowest BCUT2D eigenvalue weighted by Gasteiger charge is -2.18. The minimum Gasteiger partial charge on any atom is -0.370 e. The Bertz CT molecular complexity index is 377. The van der Waals surface area contributed by atoms with E-state index in [1.165, 1.54) is 0 Å². The van der Waals surface area contributed by atoms with E-state index >= 15 is 0 Å². The van der Waals surface area contributed by atoms with Crippen LogP contribution in [0.2, 0.25) is 5.28 Å². The molecular formula is C13H23ClN4. The van der Waals surface area contributed by atoms with Crippen LogP contribution in [-0.4, -0.2) is 41.0 Å². The average molecular weight is 271 g/mol. The first-order valence-corrected chi connectivity index (χ1v) is 6.93. The molecule has 102 valence electrons. The van der Waals surface area contributed by atoms with Gasteiger partial charge < -0.3 is 10.2 Å². The summed E-state index contributed by atoms with van der Waals surface area (Å²) in [6.45, 7) is 12.6. The summed E-state index contributed by atoms with van der Waals surface area (Å²) < 4.78 is 0. The minimum atomic E-state index is 0.310. The van der Waals surface area contributed by atoms with E-state index in [1.807, 2.05) is 13.8 Å². The van der Waals surface area contributed by atoms with Gasteiger partial charge in [0, 0.05) is 17.8 Å². The number of rotatable bonds is 7. The third kappa shape index (κ3) is 4.42. The van der Waals surface area contributed by atoms with E-state index < -0.39 is 0 Å². The Labute approximate surface area is 115 Å². The Hall–Kier alpha value is -0.870. The van der Waals surface area contributed by atoms with Crippen LogP contribution in [0.4, 0.5) is 5.82 Å². The molecule has 1 aromatic heterocycles. The molecule has 5 heteroatoms. The standard InChI is InChI=1S/C13H23ClN4/c1-5-18(6-2)9-7-8-15-12-10(3)11(4)16-13(14)17-12/h5-9H2,1-4H3,(H,15,16,17). The van der Waals surface area contributed by atoms with E-state index in [2.05, 4.69) is 34.0 Å². The number of anilines is 1. The maximum absolute atomic E-state index is 5.86. The first-order valence-electron chi connectivity index (χ1n) is 6.55. The largest absolute Gasteiger partial charge is 0.370 e. The van der Waals surface area contributed by atoms with Gasteiger partial charge in [-0.05, 0) is 51.5 Å². The van der Waals surface area contributed by atoms with Crippen LogP contribution < -0.4 is 5.32 Å². The van der Waals surface area contributed by atoms with Crippen LogP contribution in [0.5, 0.6) is 0 Å². The molecule has 18 heavy (non-hydrogen) atoms. The molecule has 1 rings (SSSR count). The van der Waals surface area contributed by atoms with E-state index in [0.717, 1.165) is 49.7 Å². The van der Waals surface area contributed by atoms with Gasteiger partial charge in [-0.25, -0.2) is 9.97 Å². The topological polar surface area (TPSA) is 41.0 Å². The highest BCUT2D eigenvalue weighted by Crippen LogP contribution is 2.16. The Kier molecular flexibility index (Phi) is 6.36. The first-order chi connectivity index (χ1) is 8.58. The second kappa shape index (κ2) is 7.54. The zero-order chi connectivity index (χ0) is 13.5. The number of halogens is 1. The molecule has 0 aliphatic heterocycles. The third-order valence-corrected chi connectivity index (χ3v) is 3.37. The van der Waals surface area contributed by atoms with Crippen molar-refractivity contribution in [1.29, 1.82) is 0 Å². The lowest BCUT2D eigenvalue weighted by molar-refractivity contribution is 0.303. The van der Waals surface area contributed by atoms with E-state index in [1.54, 1.807) is 0 Å². The molecule has 0 aromatic carbocycles. The van der Waals surface area contributed by atoms with Gasteiger partial charge in [0.1, 0.15) is 5.82 Å². The summed E-state index contributed by atoms with van der Waals surface area (Å²) in [4.78, 5) is 10.8. The summed E-state index contributed by atoms with van der Waals surface area (Å²) in [5.74, 6) is 0.854. The van der Waals surface area contributed by atoms with Crippen molar-refractivity contribution in [3.05, 3.63) is 16.5 Å². The molecule has 1 N–H and O–H groups in total. The number of aromatic nitrogens is 2. The molecule has 0 unspecified atom stereocenters. The van der Waals surface area contributed by atoms with Crippen LogP contribution in [0.1, 0.15) is 31.5 Å².